The van der Waals surface area contributed by atoms with E-state index in [-0.39, 0.29) is 11.8 Å². The van der Waals surface area contributed by atoms with Gasteiger partial charge in [0.2, 0.25) is 0 Å². The Labute approximate surface area is 98.9 Å². The lowest BCUT2D eigenvalue weighted by molar-refractivity contribution is 0.349. The number of halogens is 2. The largest absolute Gasteiger partial charge is 0.494 e. The van der Waals surface area contributed by atoms with Crippen LogP contribution in [0.15, 0.2) is 18.2 Å². The SMILES string of the molecule is COc1ccc([C@H](N)[C@H]2C[C@H](F)CN2)cc1F. The van der Waals surface area contributed by atoms with Crippen molar-refractivity contribution in [3.8, 4) is 5.75 Å². The molecule has 2 rings (SSSR count). The highest BCUT2D eigenvalue weighted by atomic mass is 19.1. The Morgan fingerprint density at radius 3 is 2.82 bits per heavy atom. The number of hydrogen-bond acceptors (Lipinski definition) is 3. The Kier molecular flexibility index (Phi) is 3.59. The van der Waals surface area contributed by atoms with E-state index in [0.717, 1.165) is 0 Å². The maximum absolute atomic E-state index is 13.5. The predicted molar refractivity (Wildman–Crippen MR) is 61.2 cm³/mol. The first-order valence-corrected chi connectivity index (χ1v) is 5.58. The molecule has 0 radical (unpaired) electrons. The summed E-state index contributed by atoms with van der Waals surface area (Å²) in [4.78, 5) is 0. The molecule has 0 amide bonds. The van der Waals surface area contributed by atoms with Gasteiger partial charge in [0.05, 0.1) is 7.11 Å². The molecule has 0 spiro atoms. The molecule has 17 heavy (non-hydrogen) atoms. The fourth-order valence-electron chi connectivity index (χ4n) is 2.12. The molecule has 0 aliphatic carbocycles. The van der Waals surface area contributed by atoms with E-state index in [1.165, 1.54) is 19.2 Å². The van der Waals surface area contributed by atoms with Crippen molar-refractivity contribution in [2.45, 2.75) is 24.7 Å². The first-order valence-electron chi connectivity index (χ1n) is 5.58. The summed E-state index contributed by atoms with van der Waals surface area (Å²) in [6.45, 7) is 0.316. The van der Waals surface area contributed by atoms with Crippen molar-refractivity contribution in [2.24, 2.45) is 5.73 Å². The second-order valence-electron chi connectivity index (χ2n) is 4.27. The molecular formula is C12H16F2N2O. The molecule has 3 atom stereocenters. The smallest absolute Gasteiger partial charge is 0.165 e. The molecule has 1 aliphatic rings. The van der Waals surface area contributed by atoms with E-state index in [2.05, 4.69) is 5.32 Å². The third-order valence-electron chi connectivity index (χ3n) is 3.11. The molecule has 3 nitrogen and oxygen atoms in total. The standard InChI is InChI=1S/C12H16F2N2O/c1-17-11-3-2-7(4-9(11)14)12(15)10-5-8(13)6-16-10/h2-4,8,10,12,16H,5-6,15H2,1H3/t8-,10+,12-/m0/s1. The van der Waals surface area contributed by atoms with E-state index in [1.54, 1.807) is 6.07 Å². The summed E-state index contributed by atoms with van der Waals surface area (Å²) in [5, 5.41) is 3.00. The van der Waals surface area contributed by atoms with Gasteiger partial charge >= 0.3 is 0 Å². The third kappa shape index (κ3) is 2.56. The Morgan fingerprint density at radius 1 is 1.53 bits per heavy atom. The lowest BCUT2D eigenvalue weighted by Crippen LogP contribution is -2.34. The van der Waals surface area contributed by atoms with E-state index >= 15 is 0 Å². The molecule has 1 heterocycles. The molecule has 0 saturated carbocycles. The van der Waals surface area contributed by atoms with Gasteiger partial charge in [0.15, 0.2) is 11.6 Å². The number of nitrogens with two attached hydrogens (primary N) is 1. The van der Waals surface area contributed by atoms with Crippen molar-refractivity contribution in [1.82, 2.24) is 5.32 Å². The maximum atomic E-state index is 13.5. The van der Waals surface area contributed by atoms with Gasteiger partial charge in [-0.05, 0) is 24.1 Å². The third-order valence-corrected chi connectivity index (χ3v) is 3.11. The molecule has 94 valence electrons. The van der Waals surface area contributed by atoms with Gasteiger partial charge in [-0.3, -0.25) is 0 Å². The van der Waals surface area contributed by atoms with Gasteiger partial charge in [-0.15, -0.1) is 0 Å². The quantitative estimate of drug-likeness (QED) is 0.845. The molecule has 1 fully saturated rings. The van der Waals surface area contributed by atoms with Crippen LogP contribution in [0, 0.1) is 5.82 Å². The van der Waals surface area contributed by atoms with Crippen molar-refractivity contribution < 1.29 is 13.5 Å². The van der Waals surface area contributed by atoms with Crippen molar-refractivity contribution in [3.05, 3.63) is 29.6 Å². The highest BCUT2D eigenvalue weighted by Crippen LogP contribution is 2.26. The van der Waals surface area contributed by atoms with Crippen LogP contribution in [0.4, 0.5) is 8.78 Å². The topological polar surface area (TPSA) is 47.3 Å². The summed E-state index contributed by atoms with van der Waals surface area (Å²) in [5.41, 5.74) is 6.63. The van der Waals surface area contributed by atoms with E-state index in [4.69, 9.17) is 10.5 Å². The summed E-state index contributed by atoms with van der Waals surface area (Å²) in [6.07, 6.45) is -0.497. The second kappa shape index (κ2) is 4.98. The zero-order valence-electron chi connectivity index (χ0n) is 9.62. The minimum Gasteiger partial charge on any atom is -0.494 e. The number of ether oxygens (including phenoxy) is 1. The first kappa shape index (κ1) is 12.3. The van der Waals surface area contributed by atoms with E-state index < -0.39 is 18.0 Å². The number of hydrogen-bond donors (Lipinski definition) is 2. The fraction of sp³-hybridized carbons (Fsp3) is 0.500. The molecule has 1 aromatic carbocycles. The lowest BCUT2D eigenvalue weighted by Gasteiger charge is -2.20. The van der Waals surface area contributed by atoms with Gasteiger partial charge in [-0.2, -0.15) is 0 Å². The van der Waals surface area contributed by atoms with Gasteiger partial charge in [0.1, 0.15) is 6.17 Å². The van der Waals surface area contributed by atoms with Crippen LogP contribution in [-0.4, -0.2) is 25.9 Å². The number of nitrogens with one attached hydrogen (secondary N) is 1. The Hall–Kier alpha value is -1.20. The van der Waals surface area contributed by atoms with Crippen LogP contribution in [0.3, 0.4) is 0 Å². The van der Waals surface area contributed by atoms with Crippen molar-refractivity contribution in [3.63, 3.8) is 0 Å². The molecule has 0 unspecified atom stereocenters. The first-order chi connectivity index (χ1) is 8.11. The monoisotopic (exact) mass is 242 g/mol. The molecule has 1 aromatic rings. The van der Waals surface area contributed by atoms with Crippen LogP contribution >= 0.6 is 0 Å². The van der Waals surface area contributed by atoms with Gasteiger partial charge in [-0.25, -0.2) is 8.78 Å². The molecule has 1 aliphatic heterocycles. The van der Waals surface area contributed by atoms with Crippen LogP contribution < -0.4 is 15.8 Å². The lowest BCUT2D eigenvalue weighted by atomic mass is 9.98. The number of methoxy groups -OCH3 is 1. The minimum atomic E-state index is -0.867. The molecule has 5 heteroatoms. The highest BCUT2D eigenvalue weighted by molar-refractivity contribution is 5.31. The Balaban J connectivity index is 2.14. The molecule has 0 aromatic heterocycles. The van der Waals surface area contributed by atoms with Gasteiger partial charge in [0, 0.05) is 18.6 Å². The van der Waals surface area contributed by atoms with Crippen molar-refractivity contribution >= 4 is 0 Å². The zero-order valence-corrected chi connectivity index (χ0v) is 9.62. The van der Waals surface area contributed by atoms with Crippen molar-refractivity contribution in [1.29, 1.82) is 0 Å². The summed E-state index contributed by atoms with van der Waals surface area (Å²) >= 11 is 0. The van der Waals surface area contributed by atoms with E-state index in [1.807, 2.05) is 0 Å². The second-order valence-corrected chi connectivity index (χ2v) is 4.27. The highest BCUT2D eigenvalue weighted by Gasteiger charge is 2.29. The van der Waals surface area contributed by atoms with Crippen molar-refractivity contribution in [2.75, 3.05) is 13.7 Å². The molecular weight excluding hydrogens is 226 g/mol. The van der Waals surface area contributed by atoms with Gasteiger partial charge in [-0.1, -0.05) is 6.07 Å². The average Bonchev–Trinajstić information content (AvgIpc) is 2.75. The Bertz CT molecular complexity index is 400. The number of benzene rings is 1. The van der Waals surface area contributed by atoms with Crippen LogP contribution in [0.1, 0.15) is 18.0 Å². The fourth-order valence-corrected chi connectivity index (χ4v) is 2.12. The van der Waals surface area contributed by atoms with E-state index in [0.29, 0.717) is 18.5 Å². The summed E-state index contributed by atoms with van der Waals surface area (Å²) < 4.78 is 31.4. The maximum Gasteiger partial charge on any atom is 0.165 e. The normalized spacial score (nSPS) is 25.9. The number of rotatable bonds is 3. The zero-order chi connectivity index (χ0) is 12.4. The summed E-state index contributed by atoms with van der Waals surface area (Å²) in [5.74, 6) is -0.265. The average molecular weight is 242 g/mol. The number of alkyl halides is 1. The van der Waals surface area contributed by atoms with Crippen LogP contribution in [0.25, 0.3) is 0 Å². The molecule has 0 bridgehead atoms. The van der Waals surface area contributed by atoms with Crippen LogP contribution in [0.5, 0.6) is 5.75 Å². The molecule has 3 N–H and O–H groups in total. The van der Waals surface area contributed by atoms with Gasteiger partial charge in [0.25, 0.3) is 0 Å². The summed E-state index contributed by atoms with van der Waals surface area (Å²) in [6, 6.07) is 4.04. The predicted octanol–water partition coefficient (Wildman–Crippen LogP) is 1.53. The van der Waals surface area contributed by atoms with Gasteiger partial charge < -0.3 is 15.8 Å². The van der Waals surface area contributed by atoms with Crippen LogP contribution in [0.2, 0.25) is 0 Å². The van der Waals surface area contributed by atoms with E-state index in [9.17, 15) is 8.78 Å². The summed E-state index contributed by atoms with van der Waals surface area (Å²) in [7, 11) is 1.41. The minimum absolute atomic E-state index is 0.141. The Morgan fingerprint density at radius 2 is 2.29 bits per heavy atom. The molecule has 1 saturated heterocycles. The van der Waals surface area contributed by atoms with Crippen LogP contribution in [-0.2, 0) is 0 Å².